The third kappa shape index (κ3) is 4.42. The molecule has 3 rings (SSSR count). The average molecular weight is 342 g/mol. The molecular weight excluding hydrogens is 312 g/mol. The van der Waals surface area contributed by atoms with E-state index < -0.39 is 0 Å². The van der Waals surface area contributed by atoms with E-state index in [1.54, 1.807) is 0 Å². The topological polar surface area (TPSA) is 40.6 Å². The molecule has 2 aliphatic rings. The van der Waals surface area contributed by atoms with Crippen molar-refractivity contribution in [2.45, 2.75) is 52.4 Å². The average Bonchev–Trinajstić information content (AvgIpc) is 3.02. The first-order chi connectivity index (χ1) is 12.0. The Kier molecular flexibility index (Phi) is 5.77. The van der Waals surface area contributed by atoms with Crippen molar-refractivity contribution in [2.24, 2.45) is 5.92 Å². The van der Waals surface area contributed by atoms with Crippen LogP contribution in [-0.4, -0.2) is 47.8 Å². The van der Waals surface area contributed by atoms with Gasteiger partial charge in [-0.05, 0) is 44.2 Å². The lowest BCUT2D eigenvalue weighted by molar-refractivity contribution is -0.136. The molecule has 2 fully saturated rings. The predicted molar refractivity (Wildman–Crippen MR) is 99.4 cm³/mol. The molecule has 136 valence electrons. The van der Waals surface area contributed by atoms with Gasteiger partial charge < -0.3 is 9.80 Å². The van der Waals surface area contributed by atoms with Crippen molar-refractivity contribution in [1.82, 2.24) is 9.80 Å². The van der Waals surface area contributed by atoms with E-state index in [1.807, 2.05) is 9.80 Å². The fourth-order valence-electron chi connectivity index (χ4n) is 4.08. The van der Waals surface area contributed by atoms with E-state index in [2.05, 4.69) is 32.0 Å². The second kappa shape index (κ2) is 8.03. The van der Waals surface area contributed by atoms with E-state index in [1.165, 1.54) is 24.0 Å². The van der Waals surface area contributed by atoms with Crippen LogP contribution >= 0.6 is 0 Å². The van der Waals surface area contributed by atoms with Gasteiger partial charge in [0.25, 0.3) is 0 Å². The Morgan fingerprint density at radius 3 is 2.40 bits per heavy atom. The molecule has 0 spiro atoms. The number of hydrogen-bond acceptors (Lipinski definition) is 2. The van der Waals surface area contributed by atoms with Crippen LogP contribution < -0.4 is 0 Å². The predicted octanol–water partition coefficient (Wildman–Crippen LogP) is 3.10. The summed E-state index contributed by atoms with van der Waals surface area (Å²) in [6.45, 7) is 7.04. The fourth-order valence-corrected chi connectivity index (χ4v) is 4.08. The molecule has 0 N–H and O–H groups in total. The summed E-state index contributed by atoms with van der Waals surface area (Å²) in [5.41, 5.74) is 3.48. The molecule has 2 amide bonds. The van der Waals surface area contributed by atoms with Crippen LogP contribution in [0.3, 0.4) is 0 Å². The molecule has 1 aromatic rings. The minimum absolute atomic E-state index is 0.184. The van der Waals surface area contributed by atoms with Crippen LogP contribution in [0.4, 0.5) is 0 Å². The number of nitrogens with zero attached hydrogens (tertiary/aromatic N) is 2. The monoisotopic (exact) mass is 342 g/mol. The van der Waals surface area contributed by atoms with Gasteiger partial charge in [-0.15, -0.1) is 0 Å². The molecule has 1 aliphatic carbocycles. The number of rotatable bonds is 3. The van der Waals surface area contributed by atoms with Crippen LogP contribution in [0.2, 0.25) is 0 Å². The smallest absolute Gasteiger partial charge is 0.227 e. The van der Waals surface area contributed by atoms with Gasteiger partial charge >= 0.3 is 0 Å². The third-order valence-electron chi connectivity index (χ3n) is 5.71. The number of aryl methyl sites for hydroxylation is 2. The quantitative estimate of drug-likeness (QED) is 0.847. The highest BCUT2D eigenvalue weighted by Crippen LogP contribution is 2.27. The molecule has 1 aliphatic heterocycles. The molecule has 0 radical (unpaired) electrons. The van der Waals surface area contributed by atoms with Gasteiger partial charge in [-0.2, -0.15) is 0 Å². The Morgan fingerprint density at radius 1 is 0.960 bits per heavy atom. The van der Waals surface area contributed by atoms with Gasteiger partial charge in [0.1, 0.15) is 0 Å². The third-order valence-corrected chi connectivity index (χ3v) is 5.71. The normalized spacial score (nSPS) is 19.1. The van der Waals surface area contributed by atoms with Crippen LogP contribution in [-0.2, 0) is 16.0 Å². The van der Waals surface area contributed by atoms with Crippen molar-refractivity contribution in [3.63, 3.8) is 0 Å². The van der Waals surface area contributed by atoms with Crippen molar-refractivity contribution in [2.75, 3.05) is 26.2 Å². The standard InChI is InChI=1S/C21H30N2O2/c1-16-8-9-17(2)19(14-16)15-20(24)22-10-5-11-23(13-12-22)21(25)18-6-3-4-7-18/h8-9,14,18H,3-7,10-13,15H2,1-2H3. The van der Waals surface area contributed by atoms with Gasteiger partial charge in [0, 0.05) is 32.1 Å². The molecule has 0 unspecified atom stereocenters. The van der Waals surface area contributed by atoms with E-state index >= 15 is 0 Å². The number of carbonyl (C=O) groups excluding carboxylic acids is 2. The Balaban J connectivity index is 1.57. The molecule has 0 aromatic heterocycles. The number of amides is 2. The minimum atomic E-state index is 0.184. The Hall–Kier alpha value is -1.84. The summed E-state index contributed by atoms with van der Waals surface area (Å²) < 4.78 is 0. The van der Waals surface area contributed by atoms with Gasteiger partial charge in [-0.25, -0.2) is 0 Å². The van der Waals surface area contributed by atoms with Crippen molar-refractivity contribution in [3.05, 3.63) is 34.9 Å². The highest BCUT2D eigenvalue weighted by Gasteiger charge is 2.29. The van der Waals surface area contributed by atoms with Crippen molar-refractivity contribution >= 4 is 11.8 Å². The molecule has 4 nitrogen and oxygen atoms in total. The molecule has 0 bridgehead atoms. The zero-order valence-electron chi connectivity index (χ0n) is 15.6. The summed E-state index contributed by atoms with van der Waals surface area (Å²) in [4.78, 5) is 29.3. The second-order valence-corrected chi connectivity index (χ2v) is 7.65. The maximum Gasteiger partial charge on any atom is 0.227 e. The Morgan fingerprint density at radius 2 is 1.64 bits per heavy atom. The maximum atomic E-state index is 12.7. The summed E-state index contributed by atoms with van der Waals surface area (Å²) in [5, 5.41) is 0. The highest BCUT2D eigenvalue weighted by atomic mass is 16.2. The van der Waals surface area contributed by atoms with Crippen molar-refractivity contribution in [1.29, 1.82) is 0 Å². The largest absolute Gasteiger partial charge is 0.341 e. The SMILES string of the molecule is Cc1ccc(C)c(CC(=O)N2CCCN(C(=O)C3CCCC3)CC2)c1. The summed E-state index contributed by atoms with van der Waals surface area (Å²) in [6.07, 6.45) is 5.81. The number of hydrogen-bond donors (Lipinski definition) is 0. The molecular formula is C21H30N2O2. The zero-order chi connectivity index (χ0) is 17.8. The summed E-state index contributed by atoms with van der Waals surface area (Å²) >= 11 is 0. The van der Waals surface area contributed by atoms with Gasteiger partial charge in [-0.1, -0.05) is 36.6 Å². The number of benzene rings is 1. The van der Waals surface area contributed by atoms with E-state index in [9.17, 15) is 9.59 Å². The van der Waals surface area contributed by atoms with Gasteiger partial charge in [-0.3, -0.25) is 9.59 Å². The van der Waals surface area contributed by atoms with Crippen LogP contribution in [0.1, 0.15) is 48.8 Å². The van der Waals surface area contributed by atoms with E-state index in [0.717, 1.165) is 37.9 Å². The van der Waals surface area contributed by atoms with Gasteiger partial charge in [0.15, 0.2) is 0 Å². The van der Waals surface area contributed by atoms with Crippen molar-refractivity contribution in [3.8, 4) is 0 Å². The number of carbonyl (C=O) groups is 2. The second-order valence-electron chi connectivity index (χ2n) is 7.65. The highest BCUT2D eigenvalue weighted by molar-refractivity contribution is 5.80. The van der Waals surface area contributed by atoms with E-state index in [0.29, 0.717) is 25.4 Å². The first kappa shape index (κ1) is 18.0. The lowest BCUT2D eigenvalue weighted by atomic mass is 10.0. The Bertz CT molecular complexity index is 635. The van der Waals surface area contributed by atoms with Crippen LogP contribution in [0, 0.1) is 19.8 Å². The molecule has 1 saturated carbocycles. The summed E-state index contributed by atoms with van der Waals surface area (Å²) in [7, 11) is 0. The summed E-state index contributed by atoms with van der Waals surface area (Å²) in [6, 6.07) is 6.28. The lowest BCUT2D eigenvalue weighted by Gasteiger charge is -2.24. The molecule has 1 saturated heterocycles. The van der Waals surface area contributed by atoms with Gasteiger partial charge in [0.05, 0.1) is 6.42 Å². The van der Waals surface area contributed by atoms with Crippen LogP contribution in [0.5, 0.6) is 0 Å². The molecule has 0 atom stereocenters. The van der Waals surface area contributed by atoms with Crippen molar-refractivity contribution < 1.29 is 9.59 Å². The Labute approximate surface area is 151 Å². The molecule has 4 heteroatoms. The first-order valence-corrected chi connectivity index (χ1v) is 9.67. The molecule has 25 heavy (non-hydrogen) atoms. The van der Waals surface area contributed by atoms with Crippen LogP contribution in [0.25, 0.3) is 0 Å². The minimum Gasteiger partial charge on any atom is -0.341 e. The molecule has 1 heterocycles. The van der Waals surface area contributed by atoms with Gasteiger partial charge in [0.2, 0.25) is 11.8 Å². The molecule has 1 aromatic carbocycles. The summed E-state index contributed by atoms with van der Waals surface area (Å²) in [5.74, 6) is 0.738. The zero-order valence-corrected chi connectivity index (χ0v) is 15.6. The van der Waals surface area contributed by atoms with E-state index in [-0.39, 0.29) is 11.8 Å². The lowest BCUT2D eigenvalue weighted by Crippen LogP contribution is -2.39. The maximum absolute atomic E-state index is 12.7. The van der Waals surface area contributed by atoms with E-state index in [4.69, 9.17) is 0 Å². The fraction of sp³-hybridized carbons (Fsp3) is 0.619. The first-order valence-electron chi connectivity index (χ1n) is 9.67. The van der Waals surface area contributed by atoms with Crippen LogP contribution in [0.15, 0.2) is 18.2 Å².